The zero-order valence-corrected chi connectivity index (χ0v) is 25.6. The Morgan fingerprint density at radius 1 is 1.32 bits per heavy atom. The van der Waals surface area contributed by atoms with Crippen molar-refractivity contribution in [1.29, 1.82) is 0 Å². The summed E-state index contributed by atoms with van der Waals surface area (Å²) < 4.78 is 10.9. The first-order valence-electron chi connectivity index (χ1n) is 12.8. The van der Waals surface area contributed by atoms with Crippen LogP contribution in [0.2, 0.25) is 0 Å². The summed E-state index contributed by atoms with van der Waals surface area (Å²) in [5.74, 6) is -0.103. The van der Waals surface area contributed by atoms with Gasteiger partial charge in [-0.05, 0) is 49.7 Å². The molecular formula is C27H33IN4O4S2. The molecule has 1 aliphatic heterocycles. The first-order valence-corrected chi connectivity index (χ1v) is 17.0. The fourth-order valence-electron chi connectivity index (χ4n) is 4.81. The lowest BCUT2D eigenvalue weighted by Crippen LogP contribution is -2.47. The molecule has 0 aliphatic carbocycles. The maximum atomic E-state index is 13.7. The van der Waals surface area contributed by atoms with Gasteiger partial charge in [-0.1, -0.05) is 43.3 Å². The van der Waals surface area contributed by atoms with Crippen LogP contribution in [0.5, 0.6) is 0 Å². The molecular weight excluding hydrogens is 635 g/mol. The lowest BCUT2D eigenvalue weighted by Gasteiger charge is -2.29. The first kappa shape index (κ1) is 29.0. The van der Waals surface area contributed by atoms with Crippen molar-refractivity contribution in [2.45, 2.75) is 65.0 Å². The van der Waals surface area contributed by atoms with Crippen molar-refractivity contribution < 1.29 is 18.3 Å². The van der Waals surface area contributed by atoms with Crippen molar-refractivity contribution in [3.05, 3.63) is 58.6 Å². The van der Waals surface area contributed by atoms with Gasteiger partial charge in [0.25, 0.3) is 0 Å². The monoisotopic (exact) mass is 668 g/mol. The molecule has 204 valence electrons. The van der Waals surface area contributed by atoms with Crippen LogP contribution >= 0.6 is 41.8 Å². The normalized spacial score (nSPS) is 16.2. The van der Waals surface area contributed by atoms with Crippen LogP contribution in [0.15, 0.2) is 40.4 Å². The van der Waals surface area contributed by atoms with E-state index in [0.29, 0.717) is 31.9 Å². The largest absolute Gasteiger partial charge is 0.360 e. The van der Waals surface area contributed by atoms with Crippen LogP contribution in [-0.4, -0.2) is 46.0 Å². The zero-order chi connectivity index (χ0) is 27.1. The Labute approximate surface area is 244 Å². The number of aromatic nitrogens is 2. The van der Waals surface area contributed by atoms with Crippen LogP contribution in [0, 0.1) is 12.8 Å². The molecule has 4 rings (SSSR count). The molecule has 2 amide bonds. The Balaban J connectivity index is 1.36. The van der Waals surface area contributed by atoms with Gasteiger partial charge in [0.2, 0.25) is 11.8 Å². The van der Waals surface area contributed by atoms with E-state index in [2.05, 4.69) is 48.8 Å². The van der Waals surface area contributed by atoms with E-state index in [0.717, 1.165) is 46.7 Å². The molecule has 8 nitrogen and oxygen atoms in total. The molecule has 1 unspecified atom stereocenters. The molecule has 0 radical (unpaired) electrons. The molecule has 3 heterocycles. The van der Waals surface area contributed by atoms with E-state index in [-0.39, 0.29) is 17.7 Å². The summed E-state index contributed by atoms with van der Waals surface area (Å²) >= 11 is 3.71. The van der Waals surface area contributed by atoms with Gasteiger partial charge in [0.15, 0.2) is 0 Å². The minimum atomic E-state index is -0.479. The van der Waals surface area contributed by atoms with Gasteiger partial charge in [-0.3, -0.25) is 9.59 Å². The fourth-order valence-corrected chi connectivity index (χ4v) is 6.35. The number of thiazole rings is 1. The Morgan fingerprint density at radius 3 is 2.79 bits per heavy atom. The van der Waals surface area contributed by atoms with E-state index in [1.165, 1.54) is 9.21 Å². The summed E-state index contributed by atoms with van der Waals surface area (Å²) in [7, 11) is 1.32. The van der Waals surface area contributed by atoms with Crippen LogP contribution in [0.4, 0.5) is 0 Å². The Bertz CT molecular complexity index is 1210. The topological polar surface area (TPSA) is 97.6 Å². The van der Waals surface area contributed by atoms with Crippen LogP contribution < -0.4 is 5.32 Å². The number of rotatable bonds is 12. The number of nitrogens with zero attached hydrogens (tertiary/aromatic N) is 3. The number of hydrogen-bond donors (Lipinski definition) is 1. The van der Waals surface area contributed by atoms with E-state index >= 15 is 0 Å². The van der Waals surface area contributed by atoms with Gasteiger partial charge in [-0.2, -0.15) is 0 Å². The quantitative estimate of drug-likeness (QED) is 0.142. The number of aryl methyl sites for hydroxylation is 2. The molecule has 0 saturated carbocycles. The highest BCUT2D eigenvalue weighted by molar-refractivity contribution is 14.2. The predicted octanol–water partition coefficient (Wildman–Crippen LogP) is 6.10. The van der Waals surface area contributed by atoms with Crippen molar-refractivity contribution in [2.24, 2.45) is 5.92 Å². The van der Waals surface area contributed by atoms with E-state index < -0.39 is 12.0 Å². The maximum absolute atomic E-state index is 13.7. The molecule has 2 aromatic heterocycles. The van der Waals surface area contributed by atoms with Gasteiger partial charge in [-0.25, -0.2) is 4.98 Å². The highest BCUT2D eigenvalue weighted by atomic mass is 127. The summed E-state index contributed by atoms with van der Waals surface area (Å²) in [5.41, 5.74) is 5.81. The van der Waals surface area contributed by atoms with Gasteiger partial charge in [0.05, 0.1) is 37.6 Å². The van der Waals surface area contributed by atoms with E-state index in [1.807, 2.05) is 44.5 Å². The van der Waals surface area contributed by atoms with Crippen LogP contribution in [0.1, 0.15) is 61.7 Å². The standard InChI is InChI=1S/C27H33IN4O4S2/c1-17(2)24(23-14-21(31-36-23)6-5-13-35-38-28)27(34)32-12-4-7-22(32)26(33)29-15-19-8-10-20(11-9-19)25-18(3)30-16-37-25/h8-11,14,16-17,22,24H,4-7,12-13,15H2,1-3H3,(H,29,33)/t22-,24?/m0/s1. The van der Waals surface area contributed by atoms with Crippen LogP contribution in [0.25, 0.3) is 10.4 Å². The third-order valence-corrected chi connectivity index (χ3v) is 8.78. The highest BCUT2D eigenvalue weighted by Crippen LogP contribution is 2.31. The fraction of sp³-hybridized carbons (Fsp3) is 0.481. The van der Waals surface area contributed by atoms with Crippen LogP contribution in [-0.2, 0) is 26.7 Å². The number of carbonyl (C=O) groups excluding carboxylic acids is 2. The predicted molar refractivity (Wildman–Crippen MR) is 159 cm³/mol. The molecule has 1 fully saturated rings. The third kappa shape index (κ3) is 7.16. The molecule has 1 saturated heterocycles. The Morgan fingerprint density at radius 2 is 2.11 bits per heavy atom. The number of hydrogen-bond acceptors (Lipinski definition) is 8. The average molecular weight is 669 g/mol. The van der Waals surface area contributed by atoms with E-state index in [4.69, 9.17) is 8.71 Å². The van der Waals surface area contributed by atoms with E-state index in [1.54, 1.807) is 16.2 Å². The molecule has 2 atom stereocenters. The zero-order valence-electron chi connectivity index (χ0n) is 21.8. The van der Waals surface area contributed by atoms with Crippen molar-refractivity contribution in [3.8, 4) is 10.4 Å². The van der Waals surface area contributed by atoms with Gasteiger partial charge >= 0.3 is 0 Å². The first-order chi connectivity index (χ1) is 18.4. The Hall–Kier alpha value is -1.96. The second-order valence-corrected chi connectivity index (χ2v) is 12.1. The maximum Gasteiger partial charge on any atom is 0.243 e. The number of likely N-dealkylation sites (tertiary alicyclic amines) is 1. The van der Waals surface area contributed by atoms with Gasteiger partial charge in [0.1, 0.15) is 17.7 Å². The molecule has 3 aromatic rings. The molecule has 38 heavy (non-hydrogen) atoms. The molecule has 1 aromatic carbocycles. The lowest BCUT2D eigenvalue weighted by atomic mass is 9.91. The smallest absolute Gasteiger partial charge is 0.243 e. The number of benzene rings is 1. The summed E-state index contributed by atoms with van der Waals surface area (Å²) in [4.78, 5) is 34.1. The van der Waals surface area contributed by atoms with Crippen LogP contribution in [0.3, 0.4) is 0 Å². The molecule has 1 aliphatic rings. The number of amides is 2. The molecule has 1 N–H and O–H groups in total. The van der Waals surface area contributed by atoms with Crippen molar-refractivity contribution in [2.75, 3.05) is 13.2 Å². The summed E-state index contributed by atoms with van der Waals surface area (Å²) in [6.45, 7) is 7.61. The van der Waals surface area contributed by atoms with Gasteiger partial charge in [-0.15, -0.1) is 11.3 Å². The molecule has 11 heteroatoms. The second-order valence-electron chi connectivity index (χ2n) is 9.80. The number of nitrogens with one attached hydrogen (secondary N) is 1. The average Bonchev–Trinajstić information content (AvgIpc) is 3.67. The molecule has 0 spiro atoms. The minimum Gasteiger partial charge on any atom is -0.360 e. The highest BCUT2D eigenvalue weighted by Gasteiger charge is 2.40. The minimum absolute atomic E-state index is 0.00654. The van der Waals surface area contributed by atoms with Crippen molar-refractivity contribution in [1.82, 2.24) is 20.4 Å². The van der Waals surface area contributed by atoms with Gasteiger partial charge < -0.3 is 18.9 Å². The van der Waals surface area contributed by atoms with E-state index in [9.17, 15) is 9.59 Å². The van der Waals surface area contributed by atoms with Crippen molar-refractivity contribution in [3.63, 3.8) is 0 Å². The summed E-state index contributed by atoms with van der Waals surface area (Å²) in [6.07, 6.45) is 3.00. The molecule has 0 bridgehead atoms. The Kier molecular flexibility index (Phi) is 10.6. The third-order valence-electron chi connectivity index (χ3n) is 6.79. The summed E-state index contributed by atoms with van der Waals surface area (Å²) in [6, 6.07) is 9.56. The summed E-state index contributed by atoms with van der Waals surface area (Å²) in [5, 5.41) is 7.22. The SMILES string of the molecule is Cc1ncsc1-c1ccc(CNC(=O)[C@@H]2CCCN2C(=O)C(c2cc(CCCOSI)no2)C(C)C)cc1. The lowest BCUT2D eigenvalue weighted by molar-refractivity contribution is -0.140. The number of carbonyl (C=O) groups is 2. The van der Waals surface area contributed by atoms with Gasteiger partial charge in [0, 0.05) is 40.4 Å². The number of halogens is 1. The second kappa shape index (κ2) is 13.9. The van der Waals surface area contributed by atoms with Crippen molar-refractivity contribution >= 4 is 53.6 Å².